The molecule has 0 spiro atoms. The number of hydrogen-bond acceptors (Lipinski definition) is 4. The van der Waals surface area contributed by atoms with E-state index in [1.165, 1.54) is 0 Å². The molecule has 0 unspecified atom stereocenters. The molecule has 2 heterocycles. The maximum atomic E-state index is 4.36. The molecule has 13 heavy (non-hydrogen) atoms. The molecule has 0 N–H and O–H groups in total. The third kappa shape index (κ3) is 1.26. The average molecular weight is 177 g/mol. The zero-order chi connectivity index (χ0) is 9.42. The monoisotopic (exact) mass is 177 g/mol. The van der Waals surface area contributed by atoms with Gasteiger partial charge >= 0.3 is 0 Å². The molecule has 2 aromatic rings. The van der Waals surface area contributed by atoms with Crippen LogP contribution in [0.3, 0.4) is 0 Å². The lowest BCUT2D eigenvalue weighted by molar-refractivity contribution is 0.780. The van der Waals surface area contributed by atoms with E-state index < -0.39 is 0 Å². The topological polar surface area (TPSA) is 56.0 Å². The molecule has 0 aliphatic carbocycles. The van der Waals surface area contributed by atoms with Crippen LogP contribution in [0.2, 0.25) is 0 Å². The Kier molecular flexibility index (Phi) is 1.72. The molecule has 2 rings (SSSR count). The number of nitrogens with zero attached hydrogens (tertiary/aromatic N) is 5. The predicted octanol–water partition coefficient (Wildman–Crippen LogP) is 0.951. The maximum Gasteiger partial charge on any atom is 0.273 e. The Hall–Kier alpha value is -1.52. The van der Waals surface area contributed by atoms with Crippen molar-refractivity contribution in [3.8, 4) is 0 Å². The Labute approximate surface area is 75.8 Å². The predicted molar refractivity (Wildman–Crippen MR) is 47.4 cm³/mol. The molecular formula is C8H11N5. The van der Waals surface area contributed by atoms with E-state index in [9.17, 15) is 0 Å². The van der Waals surface area contributed by atoms with Gasteiger partial charge in [0.2, 0.25) is 0 Å². The van der Waals surface area contributed by atoms with Gasteiger partial charge in [-0.1, -0.05) is 18.9 Å². The molecular weight excluding hydrogens is 166 g/mol. The van der Waals surface area contributed by atoms with Gasteiger partial charge < -0.3 is 0 Å². The van der Waals surface area contributed by atoms with Gasteiger partial charge in [0.1, 0.15) is 0 Å². The maximum absolute atomic E-state index is 4.36. The van der Waals surface area contributed by atoms with Crippen molar-refractivity contribution in [2.45, 2.75) is 26.7 Å². The third-order valence-corrected chi connectivity index (χ3v) is 1.96. The first-order valence-electron chi connectivity index (χ1n) is 4.23. The van der Waals surface area contributed by atoms with E-state index in [4.69, 9.17) is 0 Å². The second-order valence-corrected chi connectivity index (χ2v) is 3.39. The largest absolute Gasteiger partial charge is 0.273 e. The normalized spacial score (nSPS) is 11.4. The van der Waals surface area contributed by atoms with E-state index in [0.29, 0.717) is 11.7 Å². The van der Waals surface area contributed by atoms with Crippen molar-refractivity contribution in [3.63, 3.8) is 0 Å². The fourth-order valence-corrected chi connectivity index (χ4v) is 1.38. The van der Waals surface area contributed by atoms with Crippen molar-refractivity contribution < 1.29 is 0 Å². The summed E-state index contributed by atoms with van der Waals surface area (Å²) < 4.78 is 1.58. The van der Waals surface area contributed by atoms with E-state index >= 15 is 0 Å². The van der Waals surface area contributed by atoms with E-state index in [1.54, 1.807) is 4.52 Å². The number of rotatable bonds is 1. The number of fused-ring (bicyclic) bond motifs is 1. The highest BCUT2D eigenvalue weighted by molar-refractivity contribution is 5.30. The lowest BCUT2D eigenvalue weighted by Crippen LogP contribution is -2.01. The molecule has 0 saturated heterocycles. The van der Waals surface area contributed by atoms with Crippen LogP contribution in [0.4, 0.5) is 0 Å². The minimum atomic E-state index is 0.404. The highest BCUT2D eigenvalue weighted by Crippen LogP contribution is 2.15. The van der Waals surface area contributed by atoms with E-state index in [2.05, 4.69) is 34.4 Å². The van der Waals surface area contributed by atoms with Crippen LogP contribution in [-0.2, 0) is 0 Å². The summed E-state index contributed by atoms with van der Waals surface area (Å²) in [7, 11) is 0. The molecule has 2 aromatic heterocycles. The smallest absolute Gasteiger partial charge is 0.214 e. The molecule has 0 aliphatic rings. The van der Waals surface area contributed by atoms with Gasteiger partial charge in [-0.25, -0.2) is 4.98 Å². The summed E-state index contributed by atoms with van der Waals surface area (Å²) in [4.78, 5) is 4.36. The van der Waals surface area contributed by atoms with Crippen molar-refractivity contribution >= 4 is 5.78 Å². The third-order valence-electron chi connectivity index (χ3n) is 1.96. The van der Waals surface area contributed by atoms with E-state index in [0.717, 1.165) is 11.3 Å². The molecule has 0 amide bonds. The second-order valence-electron chi connectivity index (χ2n) is 3.39. The SMILES string of the molecule is Cc1cn2nnnc2nc1C(C)C. The summed E-state index contributed by atoms with van der Waals surface area (Å²) >= 11 is 0. The molecule has 0 radical (unpaired) electrons. The quantitative estimate of drug-likeness (QED) is 0.650. The van der Waals surface area contributed by atoms with Crippen LogP contribution in [0.25, 0.3) is 5.78 Å². The summed E-state index contributed by atoms with van der Waals surface area (Å²) in [5.41, 5.74) is 2.18. The number of hydrogen-bond donors (Lipinski definition) is 0. The van der Waals surface area contributed by atoms with Crippen LogP contribution in [0.5, 0.6) is 0 Å². The first kappa shape index (κ1) is 8.10. The molecule has 0 saturated carbocycles. The molecule has 0 bridgehead atoms. The van der Waals surface area contributed by atoms with Crippen LogP contribution in [0, 0.1) is 6.92 Å². The van der Waals surface area contributed by atoms with Gasteiger partial charge in [0, 0.05) is 6.20 Å². The lowest BCUT2D eigenvalue weighted by atomic mass is 10.1. The van der Waals surface area contributed by atoms with Gasteiger partial charge in [-0.05, 0) is 28.8 Å². The van der Waals surface area contributed by atoms with Gasteiger partial charge in [0.25, 0.3) is 5.78 Å². The second kappa shape index (κ2) is 2.76. The summed E-state index contributed by atoms with van der Waals surface area (Å²) in [6.45, 7) is 6.23. The van der Waals surface area contributed by atoms with Crippen molar-refractivity contribution in [2.24, 2.45) is 0 Å². The van der Waals surface area contributed by atoms with Gasteiger partial charge in [-0.15, -0.1) is 0 Å². The number of aryl methyl sites for hydroxylation is 1. The van der Waals surface area contributed by atoms with Crippen molar-refractivity contribution in [2.75, 3.05) is 0 Å². The van der Waals surface area contributed by atoms with Gasteiger partial charge in [-0.3, -0.25) is 0 Å². The molecule has 0 aliphatic heterocycles. The van der Waals surface area contributed by atoms with Crippen molar-refractivity contribution in [1.82, 2.24) is 25.0 Å². The van der Waals surface area contributed by atoms with Crippen molar-refractivity contribution in [1.29, 1.82) is 0 Å². The standard InChI is InChI=1S/C8H11N5/c1-5(2)7-6(3)4-13-8(9-7)10-11-12-13/h4-5H,1-3H3. The van der Waals surface area contributed by atoms with Gasteiger partial charge in [-0.2, -0.15) is 4.52 Å². The van der Waals surface area contributed by atoms with Crippen LogP contribution in [-0.4, -0.2) is 25.0 Å². The zero-order valence-corrected chi connectivity index (χ0v) is 7.89. The van der Waals surface area contributed by atoms with Crippen LogP contribution < -0.4 is 0 Å². The first-order chi connectivity index (χ1) is 6.18. The highest BCUT2D eigenvalue weighted by atomic mass is 15.5. The van der Waals surface area contributed by atoms with E-state index in [-0.39, 0.29) is 0 Å². The average Bonchev–Trinajstić information content (AvgIpc) is 2.48. The Balaban J connectivity index is 2.69. The Morgan fingerprint density at radius 3 is 2.85 bits per heavy atom. The van der Waals surface area contributed by atoms with E-state index in [1.807, 2.05) is 13.1 Å². The minimum Gasteiger partial charge on any atom is -0.214 e. The molecule has 5 nitrogen and oxygen atoms in total. The Morgan fingerprint density at radius 2 is 2.15 bits per heavy atom. The van der Waals surface area contributed by atoms with Crippen LogP contribution >= 0.6 is 0 Å². The molecule has 0 atom stereocenters. The van der Waals surface area contributed by atoms with Crippen LogP contribution in [0.1, 0.15) is 31.0 Å². The first-order valence-corrected chi connectivity index (χ1v) is 4.23. The van der Waals surface area contributed by atoms with Gasteiger partial charge in [0.15, 0.2) is 0 Å². The van der Waals surface area contributed by atoms with Crippen LogP contribution in [0.15, 0.2) is 6.20 Å². The van der Waals surface area contributed by atoms with Gasteiger partial charge in [0.05, 0.1) is 5.69 Å². The number of tetrazole rings is 1. The highest BCUT2D eigenvalue weighted by Gasteiger charge is 2.08. The summed E-state index contributed by atoms with van der Waals surface area (Å²) in [5, 5.41) is 11.1. The fourth-order valence-electron chi connectivity index (χ4n) is 1.38. The zero-order valence-electron chi connectivity index (χ0n) is 7.89. The minimum absolute atomic E-state index is 0.404. The lowest BCUT2D eigenvalue weighted by Gasteiger charge is -2.06. The van der Waals surface area contributed by atoms with Crippen molar-refractivity contribution in [3.05, 3.63) is 17.5 Å². The molecule has 0 aromatic carbocycles. The Bertz CT molecular complexity index is 431. The summed E-state index contributed by atoms with van der Waals surface area (Å²) in [5.74, 6) is 0.969. The number of aromatic nitrogens is 5. The molecule has 0 fully saturated rings. The molecule has 68 valence electrons. The molecule has 5 heteroatoms. The summed E-state index contributed by atoms with van der Waals surface area (Å²) in [6, 6.07) is 0. The fraction of sp³-hybridized carbons (Fsp3) is 0.500. The Morgan fingerprint density at radius 1 is 1.38 bits per heavy atom. The summed E-state index contributed by atoms with van der Waals surface area (Å²) in [6.07, 6.45) is 1.90.